The van der Waals surface area contributed by atoms with Crippen LogP contribution in [-0.4, -0.2) is 42.5 Å². The van der Waals surface area contributed by atoms with E-state index in [1.165, 1.54) is 64.8 Å². The van der Waals surface area contributed by atoms with E-state index >= 15 is 0 Å². The van der Waals surface area contributed by atoms with Crippen molar-refractivity contribution in [1.29, 1.82) is 0 Å². The van der Waals surface area contributed by atoms with Gasteiger partial charge in [-0.3, -0.25) is 9.59 Å². The molecule has 2 heterocycles. The predicted octanol–water partition coefficient (Wildman–Crippen LogP) is 4.36. The number of nitrogens with zero attached hydrogens (tertiary/aromatic N) is 5. The van der Waals surface area contributed by atoms with E-state index in [4.69, 9.17) is 0 Å². The minimum absolute atomic E-state index is 0.148. The van der Waals surface area contributed by atoms with Crippen LogP contribution in [0.5, 0.6) is 0 Å². The second kappa shape index (κ2) is 11.0. The number of carbonyl (C=O) groups is 2. The van der Waals surface area contributed by atoms with Crippen molar-refractivity contribution in [2.75, 3.05) is 0 Å². The highest BCUT2D eigenvalue weighted by Gasteiger charge is 2.34. The molecule has 2 aromatic carbocycles. The number of aromatic nitrogens is 4. The maximum absolute atomic E-state index is 13.7. The fourth-order valence-electron chi connectivity index (χ4n) is 3.69. The van der Waals surface area contributed by atoms with Gasteiger partial charge in [0.05, 0.1) is 6.54 Å². The molecule has 11 heteroatoms. The summed E-state index contributed by atoms with van der Waals surface area (Å²) < 4.78 is 27.0. The summed E-state index contributed by atoms with van der Waals surface area (Å²) in [6.45, 7) is 5.38. The van der Waals surface area contributed by atoms with Crippen molar-refractivity contribution >= 4 is 23.2 Å². The minimum Gasteiger partial charge on any atom is -0.349 e. The monoisotopic (exact) mass is 524 g/mol. The van der Waals surface area contributed by atoms with Gasteiger partial charge in [0.1, 0.15) is 24.2 Å². The summed E-state index contributed by atoms with van der Waals surface area (Å²) in [5.41, 5.74) is 0.445. The molecule has 37 heavy (non-hydrogen) atoms. The first kappa shape index (κ1) is 26.1. The van der Waals surface area contributed by atoms with Crippen LogP contribution in [0.15, 0.2) is 66.0 Å². The van der Waals surface area contributed by atoms with Crippen LogP contribution in [0.2, 0.25) is 0 Å². The third-order valence-corrected chi connectivity index (χ3v) is 6.16. The van der Waals surface area contributed by atoms with E-state index in [1.807, 2.05) is 38.3 Å². The van der Waals surface area contributed by atoms with Crippen LogP contribution in [0, 0.1) is 11.6 Å². The fraction of sp³-hybridized carbons (Fsp3) is 0.269. The number of nitrogens with one attached hydrogen (secondary N) is 1. The molecule has 4 rings (SSSR count). The Morgan fingerprint density at radius 2 is 1.68 bits per heavy atom. The molecule has 0 fully saturated rings. The highest BCUT2D eigenvalue weighted by atomic mass is 32.1. The van der Waals surface area contributed by atoms with Crippen LogP contribution in [0.1, 0.15) is 37.3 Å². The van der Waals surface area contributed by atoms with E-state index in [0.717, 1.165) is 9.67 Å². The molecule has 0 aliphatic heterocycles. The molecule has 0 bridgehead atoms. The van der Waals surface area contributed by atoms with E-state index in [2.05, 4.69) is 20.7 Å². The fourth-order valence-corrected chi connectivity index (χ4v) is 4.39. The van der Waals surface area contributed by atoms with Crippen molar-refractivity contribution in [3.05, 3.63) is 88.1 Å². The molecule has 8 nitrogen and oxygen atoms in total. The molecule has 0 radical (unpaired) electrons. The molecule has 0 saturated heterocycles. The number of tetrazole rings is 1. The number of carbonyl (C=O) groups excluding carboxylic acids is 2. The Morgan fingerprint density at radius 1 is 1.03 bits per heavy atom. The lowest BCUT2D eigenvalue weighted by molar-refractivity contribution is -0.143. The summed E-state index contributed by atoms with van der Waals surface area (Å²) in [6, 6.07) is 13.8. The van der Waals surface area contributed by atoms with Crippen molar-refractivity contribution in [1.82, 2.24) is 30.4 Å². The van der Waals surface area contributed by atoms with E-state index in [0.29, 0.717) is 11.1 Å². The van der Waals surface area contributed by atoms with E-state index in [1.54, 1.807) is 0 Å². The van der Waals surface area contributed by atoms with Crippen LogP contribution >= 0.6 is 11.3 Å². The molecule has 0 aliphatic carbocycles. The molecule has 2 amide bonds. The molecule has 0 unspecified atom stereocenters. The first-order valence-corrected chi connectivity index (χ1v) is 12.4. The molecule has 0 saturated carbocycles. The van der Waals surface area contributed by atoms with Crippen LogP contribution < -0.4 is 5.32 Å². The molecule has 4 aromatic rings. The standard InChI is InChI=1S/C26H26F2N6O2S/c1-26(2,3)29-25(36)23(17-6-10-19(27)11-7-17)33(15-21-5-4-14-37-21)22(35)16-34-31-24(30-32-34)18-8-12-20(28)13-9-18/h4-14,23H,15-16H2,1-3H3,(H,29,36)/t23-/m1/s1. The van der Waals surface area contributed by atoms with Crippen molar-refractivity contribution in [2.24, 2.45) is 0 Å². The van der Waals surface area contributed by atoms with Crippen molar-refractivity contribution < 1.29 is 18.4 Å². The summed E-state index contributed by atoms with van der Waals surface area (Å²) >= 11 is 1.45. The Bertz CT molecular complexity index is 1350. The van der Waals surface area contributed by atoms with Gasteiger partial charge in [-0.15, -0.1) is 21.5 Å². The van der Waals surface area contributed by atoms with Gasteiger partial charge in [-0.05, 0) is 79.4 Å². The largest absolute Gasteiger partial charge is 0.349 e. The Kier molecular flexibility index (Phi) is 7.72. The number of rotatable bonds is 8. The molecule has 1 atom stereocenters. The molecule has 1 N–H and O–H groups in total. The second-order valence-electron chi connectivity index (χ2n) is 9.44. The molecular weight excluding hydrogens is 498 g/mol. The summed E-state index contributed by atoms with van der Waals surface area (Å²) in [5, 5.41) is 17.0. The topological polar surface area (TPSA) is 93.0 Å². The van der Waals surface area contributed by atoms with Gasteiger partial charge in [0.2, 0.25) is 17.6 Å². The zero-order chi connectivity index (χ0) is 26.6. The summed E-state index contributed by atoms with van der Waals surface area (Å²) in [5.74, 6) is -1.44. The first-order chi connectivity index (χ1) is 17.6. The van der Waals surface area contributed by atoms with Gasteiger partial charge in [0.25, 0.3) is 0 Å². The number of thiophene rings is 1. The van der Waals surface area contributed by atoms with Crippen LogP contribution in [0.25, 0.3) is 11.4 Å². The Hall–Kier alpha value is -3.99. The molecule has 2 aromatic heterocycles. The Labute approximate surface area is 216 Å². The van der Waals surface area contributed by atoms with Crippen molar-refractivity contribution in [2.45, 2.75) is 45.4 Å². The molecule has 0 aliphatic rings. The number of amides is 2. The predicted molar refractivity (Wildman–Crippen MR) is 135 cm³/mol. The summed E-state index contributed by atoms with van der Waals surface area (Å²) in [6.07, 6.45) is 0. The van der Waals surface area contributed by atoms with Gasteiger partial charge in [-0.25, -0.2) is 8.78 Å². The van der Waals surface area contributed by atoms with Gasteiger partial charge in [-0.1, -0.05) is 18.2 Å². The third-order valence-electron chi connectivity index (χ3n) is 5.30. The van der Waals surface area contributed by atoms with Crippen LogP contribution in [0.4, 0.5) is 8.78 Å². The van der Waals surface area contributed by atoms with E-state index < -0.39 is 35.0 Å². The van der Waals surface area contributed by atoms with Crippen molar-refractivity contribution in [3.8, 4) is 11.4 Å². The van der Waals surface area contributed by atoms with Gasteiger partial charge in [0, 0.05) is 16.0 Å². The minimum atomic E-state index is -1.03. The average Bonchev–Trinajstić information content (AvgIpc) is 3.51. The summed E-state index contributed by atoms with van der Waals surface area (Å²) in [4.78, 5) is 30.6. The average molecular weight is 525 g/mol. The quantitative estimate of drug-likeness (QED) is 0.370. The highest BCUT2D eigenvalue weighted by Crippen LogP contribution is 2.27. The van der Waals surface area contributed by atoms with E-state index in [-0.39, 0.29) is 18.9 Å². The number of halogens is 2. The number of hydrogen-bond acceptors (Lipinski definition) is 6. The molecule has 192 valence electrons. The number of benzene rings is 2. The van der Waals surface area contributed by atoms with Crippen LogP contribution in [-0.2, 0) is 22.7 Å². The zero-order valence-electron chi connectivity index (χ0n) is 20.6. The SMILES string of the molecule is CC(C)(C)NC(=O)[C@@H](c1ccc(F)cc1)N(Cc1cccs1)C(=O)Cn1nnc(-c2ccc(F)cc2)n1. The Balaban J connectivity index is 1.66. The van der Waals surface area contributed by atoms with Crippen LogP contribution in [0.3, 0.4) is 0 Å². The lowest BCUT2D eigenvalue weighted by Gasteiger charge is -2.33. The van der Waals surface area contributed by atoms with E-state index in [9.17, 15) is 18.4 Å². The van der Waals surface area contributed by atoms with Gasteiger partial charge < -0.3 is 10.2 Å². The smallest absolute Gasteiger partial charge is 0.247 e. The summed E-state index contributed by atoms with van der Waals surface area (Å²) in [7, 11) is 0. The Morgan fingerprint density at radius 3 is 2.27 bits per heavy atom. The second-order valence-corrected chi connectivity index (χ2v) is 10.5. The number of hydrogen-bond donors (Lipinski definition) is 1. The first-order valence-electron chi connectivity index (χ1n) is 11.5. The maximum Gasteiger partial charge on any atom is 0.247 e. The molecular formula is C26H26F2N6O2S. The molecule has 0 spiro atoms. The highest BCUT2D eigenvalue weighted by molar-refractivity contribution is 7.09. The normalized spacial score (nSPS) is 12.2. The zero-order valence-corrected chi connectivity index (χ0v) is 21.4. The van der Waals surface area contributed by atoms with Crippen molar-refractivity contribution in [3.63, 3.8) is 0 Å². The third kappa shape index (κ3) is 6.82. The van der Waals surface area contributed by atoms with Gasteiger partial charge >= 0.3 is 0 Å². The lowest BCUT2D eigenvalue weighted by Crippen LogP contribution is -2.49. The van der Waals surface area contributed by atoms with Gasteiger partial charge in [0.15, 0.2) is 0 Å². The maximum atomic E-state index is 13.7. The van der Waals surface area contributed by atoms with Gasteiger partial charge in [-0.2, -0.15) is 4.80 Å². The lowest BCUT2D eigenvalue weighted by atomic mass is 10.0.